The molecule has 2 aromatic heterocycles. The number of piperidine rings is 1. The minimum Gasteiger partial charge on any atom is -0.329 e. The molecule has 0 bridgehead atoms. The number of hydrogen-bond acceptors (Lipinski definition) is 3. The molecule has 0 atom stereocenters. The van der Waals surface area contributed by atoms with Crippen LogP contribution >= 0.6 is 22.9 Å². The van der Waals surface area contributed by atoms with Crippen molar-refractivity contribution in [1.82, 2.24) is 14.9 Å². The van der Waals surface area contributed by atoms with Crippen LogP contribution in [0.15, 0.2) is 17.6 Å². The van der Waals surface area contributed by atoms with Gasteiger partial charge in [0, 0.05) is 12.7 Å². The van der Waals surface area contributed by atoms with Crippen LogP contribution < -0.4 is 5.32 Å². The first-order valence-corrected chi connectivity index (χ1v) is 8.47. The zero-order chi connectivity index (χ0) is 13.9. The molecule has 0 unspecified atom stereocenters. The van der Waals surface area contributed by atoms with E-state index in [1.54, 1.807) is 11.3 Å². The quantitative estimate of drug-likeness (QED) is 0.926. The van der Waals surface area contributed by atoms with Gasteiger partial charge >= 0.3 is 0 Å². The molecule has 2 aromatic rings. The molecule has 5 heteroatoms. The van der Waals surface area contributed by atoms with Crippen molar-refractivity contribution in [3.05, 3.63) is 28.4 Å². The highest BCUT2D eigenvalue weighted by atomic mass is 35.5. The lowest BCUT2D eigenvalue weighted by Crippen LogP contribution is -2.28. The smallest absolute Gasteiger partial charge is 0.152 e. The summed E-state index contributed by atoms with van der Waals surface area (Å²) in [6, 6.07) is 2.14. The van der Waals surface area contributed by atoms with Crippen LogP contribution in [0.4, 0.5) is 0 Å². The highest BCUT2D eigenvalue weighted by Gasteiger charge is 2.16. The first-order chi connectivity index (χ1) is 9.74. The summed E-state index contributed by atoms with van der Waals surface area (Å²) in [4.78, 5) is 5.74. The maximum Gasteiger partial charge on any atom is 0.152 e. The minimum absolute atomic E-state index is 0.595. The molecule has 3 rings (SSSR count). The van der Waals surface area contributed by atoms with Crippen molar-refractivity contribution in [3.63, 3.8) is 0 Å². The Balaban J connectivity index is 1.74. The van der Waals surface area contributed by atoms with Crippen LogP contribution in [0, 0.1) is 12.8 Å². The molecule has 0 aliphatic carbocycles. The average molecular weight is 310 g/mol. The predicted molar refractivity (Wildman–Crippen MR) is 85.5 cm³/mol. The zero-order valence-electron chi connectivity index (χ0n) is 11.7. The average Bonchev–Trinajstić information content (AvgIpc) is 3.03. The highest BCUT2D eigenvalue weighted by molar-refractivity contribution is 7.13. The molecular weight excluding hydrogens is 290 g/mol. The number of nitrogens with one attached hydrogen (secondary N) is 1. The number of hydrogen-bond donors (Lipinski definition) is 1. The Hall–Kier alpha value is -0.840. The molecule has 0 aromatic carbocycles. The number of rotatable bonds is 4. The van der Waals surface area contributed by atoms with Gasteiger partial charge in [-0.1, -0.05) is 11.6 Å². The van der Waals surface area contributed by atoms with E-state index in [0.717, 1.165) is 31.4 Å². The number of aryl methyl sites for hydroxylation is 2. The van der Waals surface area contributed by atoms with Crippen LogP contribution in [-0.2, 0) is 6.54 Å². The summed E-state index contributed by atoms with van der Waals surface area (Å²) < 4.78 is 2.23. The summed E-state index contributed by atoms with van der Waals surface area (Å²) in [5.74, 6) is 1.85. The Morgan fingerprint density at radius 2 is 2.25 bits per heavy atom. The molecule has 108 valence electrons. The molecule has 20 heavy (non-hydrogen) atoms. The standard InChI is InChI=1S/C15H20ClN3S/c1-11-5-9-20-14(11)15-18-13(16)10-19(15)8-4-12-2-6-17-7-3-12/h5,9-10,12,17H,2-4,6-8H2,1H3. The molecule has 0 saturated carbocycles. The van der Waals surface area contributed by atoms with Crippen molar-refractivity contribution < 1.29 is 0 Å². The minimum atomic E-state index is 0.595. The van der Waals surface area contributed by atoms with Gasteiger partial charge in [-0.2, -0.15) is 0 Å². The predicted octanol–water partition coefficient (Wildman–Crippen LogP) is 3.96. The molecular formula is C15H20ClN3S. The van der Waals surface area contributed by atoms with Crippen LogP contribution in [0.3, 0.4) is 0 Å². The van der Waals surface area contributed by atoms with E-state index in [1.165, 1.54) is 29.7 Å². The number of nitrogens with zero attached hydrogens (tertiary/aromatic N) is 2. The fourth-order valence-electron chi connectivity index (χ4n) is 2.83. The van der Waals surface area contributed by atoms with E-state index < -0.39 is 0 Å². The third-order valence-electron chi connectivity index (χ3n) is 4.05. The number of halogens is 1. The van der Waals surface area contributed by atoms with Crippen LogP contribution in [0.5, 0.6) is 0 Å². The molecule has 1 aliphatic rings. The van der Waals surface area contributed by atoms with E-state index in [1.807, 2.05) is 6.20 Å². The van der Waals surface area contributed by atoms with Gasteiger partial charge in [-0.3, -0.25) is 0 Å². The topological polar surface area (TPSA) is 29.9 Å². The lowest BCUT2D eigenvalue weighted by atomic mass is 9.95. The summed E-state index contributed by atoms with van der Waals surface area (Å²) in [7, 11) is 0. The van der Waals surface area contributed by atoms with Gasteiger partial charge in [0.1, 0.15) is 5.15 Å². The van der Waals surface area contributed by atoms with Gasteiger partial charge in [-0.05, 0) is 62.2 Å². The van der Waals surface area contributed by atoms with E-state index in [-0.39, 0.29) is 0 Å². The monoisotopic (exact) mass is 309 g/mol. The normalized spacial score (nSPS) is 16.7. The van der Waals surface area contributed by atoms with E-state index in [9.17, 15) is 0 Å². The summed E-state index contributed by atoms with van der Waals surface area (Å²) in [5.41, 5.74) is 1.28. The van der Waals surface area contributed by atoms with Crippen molar-refractivity contribution in [3.8, 4) is 10.7 Å². The third-order valence-corrected chi connectivity index (χ3v) is 5.24. The van der Waals surface area contributed by atoms with Gasteiger partial charge in [-0.25, -0.2) is 4.98 Å². The van der Waals surface area contributed by atoms with Crippen molar-refractivity contribution in [2.75, 3.05) is 13.1 Å². The second-order valence-electron chi connectivity index (χ2n) is 5.50. The van der Waals surface area contributed by atoms with Gasteiger partial charge in [0.2, 0.25) is 0 Å². The fraction of sp³-hybridized carbons (Fsp3) is 0.533. The second kappa shape index (κ2) is 6.29. The summed E-state index contributed by atoms with van der Waals surface area (Å²) in [6.07, 6.45) is 5.76. The van der Waals surface area contributed by atoms with Crippen LogP contribution in [0.25, 0.3) is 10.7 Å². The maximum absolute atomic E-state index is 6.12. The van der Waals surface area contributed by atoms with E-state index >= 15 is 0 Å². The second-order valence-corrected chi connectivity index (χ2v) is 6.80. The van der Waals surface area contributed by atoms with Crippen LogP contribution in [0.1, 0.15) is 24.8 Å². The van der Waals surface area contributed by atoms with E-state index in [4.69, 9.17) is 11.6 Å². The Bertz CT molecular complexity index is 569. The number of aromatic nitrogens is 2. The number of imidazole rings is 1. The lowest BCUT2D eigenvalue weighted by molar-refractivity contribution is 0.338. The summed E-state index contributed by atoms with van der Waals surface area (Å²) in [6.45, 7) is 5.46. The summed E-state index contributed by atoms with van der Waals surface area (Å²) in [5, 5.41) is 6.13. The van der Waals surface area contributed by atoms with E-state index in [2.05, 4.69) is 33.2 Å². The molecule has 1 N–H and O–H groups in total. The van der Waals surface area contributed by atoms with Gasteiger partial charge in [-0.15, -0.1) is 11.3 Å². The molecule has 3 nitrogen and oxygen atoms in total. The molecule has 1 aliphatic heterocycles. The first kappa shape index (κ1) is 14.1. The molecule has 0 amide bonds. The largest absolute Gasteiger partial charge is 0.329 e. The van der Waals surface area contributed by atoms with Crippen LogP contribution in [-0.4, -0.2) is 22.6 Å². The van der Waals surface area contributed by atoms with Gasteiger partial charge in [0.15, 0.2) is 5.82 Å². The molecule has 0 radical (unpaired) electrons. The van der Waals surface area contributed by atoms with Crippen molar-refractivity contribution in [2.24, 2.45) is 5.92 Å². The first-order valence-electron chi connectivity index (χ1n) is 7.22. The van der Waals surface area contributed by atoms with Gasteiger partial charge < -0.3 is 9.88 Å². The number of thiophene rings is 1. The lowest BCUT2D eigenvalue weighted by Gasteiger charge is -2.22. The van der Waals surface area contributed by atoms with Crippen molar-refractivity contribution >= 4 is 22.9 Å². The SMILES string of the molecule is Cc1ccsc1-c1nc(Cl)cn1CCC1CCNCC1. The Morgan fingerprint density at radius 1 is 1.45 bits per heavy atom. The third kappa shape index (κ3) is 3.08. The van der Waals surface area contributed by atoms with Crippen molar-refractivity contribution in [1.29, 1.82) is 0 Å². The molecule has 1 fully saturated rings. The summed E-state index contributed by atoms with van der Waals surface area (Å²) >= 11 is 7.86. The fourth-order valence-corrected chi connectivity index (χ4v) is 3.96. The molecule has 1 saturated heterocycles. The van der Waals surface area contributed by atoms with Crippen molar-refractivity contribution in [2.45, 2.75) is 32.7 Å². The molecule has 0 spiro atoms. The van der Waals surface area contributed by atoms with E-state index in [0.29, 0.717) is 5.15 Å². The highest BCUT2D eigenvalue weighted by Crippen LogP contribution is 2.30. The maximum atomic E-state index is 6.12. The Labute approximate surface area is 129 Å². The molecule has 3 heterocycles. The van der Waals surface area contributed by atoms with Gasteiger partial charge in [0.25, 0.3) is 0 Å². The zero-order valence-corrected chi connectivity index (χ0v) is 13.3. The van der Waals surface area contributed by atoms with Crippen LogP contribution in [0.2, 0.25) is 5.15 Å². The Morgan fingerprint density at radius 3 is 2.95 bits per heavy atom. The van der Waals surface area contributed by atoms with Gasteiger partial charge in [0.05, 0.1) is 4.88 Å². The Kier molecular flexibility index (Phi) is 4.44.